The summed E-state index contributed by atoms with van der Waals surface area (Å²) in [5.41, 5.74) is -0.982. The number of hydrogen-bond acceptors (Lipinski definition) is 3. The summed E-state index contributed by atoms with van der Waals surface area (Å²) in [5.74, 6) is -1.75. The second-order valence-electron chi connectivity index (χ2n) is 4.87. The molecule has 120 valence electrons. The molecule has 1 atom stereocenters. The van der Waals surface area contributed by atoms with Crippen LogP contribution in [-0.2, 0) is 26.9 Å². The summed E-state index contributed by atoms with van der Waals surface area (Å²) in [6.07, 6.45) is -6.11. The first-order chi connectivity index (χ1) is 10.3. The molecule has 1 saturated heterocycles. The molecule has 8 heteroatoms. The zero-order valence-corrected chi connectivity index (χ0v) is 11.5. The van der Waals surface area contributed by atoms with E-state index in [-0.39, 0.29) is 25.3 Å². The number of carboxylic acids is 1. The monoisotopic (exact) mass is 317 g/mol. The number of benzene rings is 1. The van der Waals surface area contributed by atoms with Crippen LogP contribution in [0.4, 0.5) is 13.2 Å². The van der Waals surface area contributed by atoms with E-state index in [4.69, 9.17) is 9.84 Å². The lowest BCUT2D eigenvalue weighted by Gasteiger charge is -2.31. The van der Waals surface area contributed by atoms with Gasteiger partial charge < -0.3 is 14.7 Å². The number of aliphatic carboxylic acids is 1. The zero-order valence-electron chi connectivity index (χ0n) is 11.5. The van der Waals surface area contributed by atoms with Crippen molar-refractivity contribution in [3.8, 4) is 0 Å². The molecule has 0 radical (unpaired) electrons. The smallest absolute Gasteiger partial charge is 0.416 e. The van der Waals surface area contributed by atoms with Gasteiger partial charge in [-0.2, -0.15) is 13.2 Å². The van der Waals surface area contributed by atoms with Crippen molar-refractivity contribution < 1.29 is 32.6 Å². The second kappa shape index (κ2) is 6.35. The van der Waals surface area contributed by atoms with Crippen LogP contribution >= 0.6 is 0 Å². The van der Waals surface area contributed by atoms with Crippen molar-refractivity contribution >= 4 is 11.9 Å². The summed E-state index contributed by atoms with van der Waals surface area (Å²) in [4.78, 5) is 24.2. The average molecular weight is 317 g/mol. The van der Waals surface area contributed by atoms with Gasteiger partial charge in [0.25, 0.3) is 0 Å². The Bertz CT molecular complexity index is 573. The largest absolute Gasteiger partial charge is 0.479 e. The third-order valence-electron chi connectivity index (χ3n) is 3.36. The van der Waals surface area contributed by atoms with Crippen LogP contribution in [0.25, 0.3) is 0 Å². The Labute approximate surface area is 124 Å². The van der Waals surface area contributed by atoms with Gasteiger partial charge in [0.2, 0.25) is 5.91 Å². The van der Waals surface area contributed by atoms with Crippen molar-refractivity contribution in [3.05, 3.63) is 35.4 Å². The van der Waals surface area contributed by atoms with Crippen LogP contribution < -0.4 is 0 Å². The molecule has 1 amide bonds. The Balaban J connectivity index is 2.11. The van der Waals surface area contributed by atoms with Crippen LogP contribution in [0, 0.1) is 0 Å². The normalized spacial score (nSPS) is 19.0. The van der Waals surface area contributed by atoms with Gasteiger partial charge >= 0.3 is 12.1 Å². The lowest BCUT2D eigenvalue weighted by molar-refractivity contribution is -0.159. The van der Waals surface area contributed by atoms with Crippen LogP contribution in [0.15, 0.2) is 24.3 Å². The van der Waals surface area contributed by atoms with E-state index in [0.29, 0.717) is 0 Å². The minimum Gasteiger partial charge on any atom is -0.479 e. The SMILES string of the molecule is O=C(O)[C@H]1CN(C(=O)Cc2ccccc2C(F)(F)F)CCO1. The van der Waals surface area contributed by atoms with Gasteiger partial charge in [-0.25, -0.2) is 4.79 Å². The van der Waals surface area contributed by atoms with Gasteiger partial charge in [0, 0.05) is 6.54 Å². The topological polar surface area (TPSA) is 66.8 Å². The van der Waals surface area contributed by atoms with Gasteiger partial charge in [0.1, 0.15) is 0 Å². The molecule has 5 nitrogen and oxygen atoms in total. The Morgan fingerprint density at radius 2 is 2.00 bits per heavy atom. The maximum Gasteiger partial charge on any atom is 0.416 e. The molecule has 1 N–H and O–H groups in total. The van der Waals surface area contributed by atoms with Crippen molar-refractivity contribution in [2.24, 2.45) is 0 Å². The average Bonchev–Trinajstić information content (AvgIpc) is 2.46. The number of alkyl halides is 3. The Morgan fingerprint density at radius 3 is 2.64 bits per heavy atom. The highest BCUT2D eigenvalue weighted by Crippen LogP contribution is 2.32. The summed E-state index contributed by atoms with van der Waals surface area (Å²) in [6.45, 7) is 0.0444. The molecule has 0 aliphatic carbocycles. The van der Waals surface area contributed by atoms with Crippen LogP contribution in [-0.4, -0.2) is 47.7 Å². The number of carboxylic acid groups (broad SMARTS) is 1. The number of carbonyl (C=O) groups is 2. The molecule has 1 aliphatic heterocycles. The van der Waals surface area contributed by atoms with E-state index in [1.165, 1.54) is 23.1 Å². The fourth-order valence-electron chi connectivity index (χ4n) is 2.25. The molecular weight excluding hydrogens is 303 g/mol. The van der Waals surface area contributed by atoms with Crippen LogP contribution in [0.1, 0.15) is 11.1 Å². The first kappa shape index (κ1) is 16.3. The molecule has 0 bridgehead atoms. The number of amides is 1. The quantitative estimate of drug-likeness (QED) is 0.919. The highest BCUT2D eigenvalue weighted by Gasteiger charge is 2.34. The van der Waals surface area contributed by atoms with Gasteiger partial charge in [-0.05, 0) is 11.6 Å². The predicted octanol–water partition coefficient (Wildman–Crippen LogP) is 1.56. The maximum absolute atomic E-state index is 12.9. The van der Waals surface area contributed by atoms with Gasteiger partial charge in [-0.15, -0.1) is 0 Å². The van der Waals surface area contributed by atoms with Crippen molar-refractivity contribution in [2.75, 3.05) is 19.7 Å². The number of carbonyl (C=O) groups excluding carboxylic acids is 1. The van der Waals surface area contributed by atoms with Crippen LogP contribution in [0.5, 0.6) is 0 Å². The lowest BCUT2D eigenvalue weighted by atomic mass is 10.0. The summed E-state index contributed by atoms with van der Waals surface area (Å²) < 4.78 is 43.6. The third kappa shape index (κ3) is 3.76. The molecule has 0 unspecified atom stereocenters. The van der Waals surface area contributed by atoms with E-state index < -0.39 is 36.1 Å². The van der Waals surface area contributed by atoms with E-state index >= 15 is 0 Å². The molecule has 0 saturated carbocycles. The summed E-state index contributed by atoms with van der Waals surface area (Å²) in [5, 5.41) is 8.87. The zero-order chi connectivity index (χ0) is 16.3. The van der Waals surface area contributed by atoms with E-state index in [1.807, 2.05) is 0 Å². The minimum absolute atomic E-state index is 0.0453. The van der Waals surface area contributed by atoms with Crippen molar-refractivity contribution in [1.82, 2.24) is 4.90 Å². The van der Waals surface area contributed by atoms with Gasteiger partial charge in [0.15, 0.2) is 6.10 Å². The highest BCUT2D eigenvalue weighted by molar-refractivity contribution is 5.81. The summed E-state index contributed by atoms with van der Waals surface area (Å²) in [6, 6.07) is 4.85. The van der Waals surface area contributed by atoms with E-state index in [2.05, 4.69) is 0 Å². The third-order valence-corrected chi connectivity index (χ3v) is 3.36. The van der Waals surface area contributed by atoms with E-state index in [0.717, 1.165) is 6.07 Å². The van der Waals surface area contributed by atoms with E-state index in [9.17, 15) is 22.8 Å². The maximum atomic E-state index is 12.9. The number of nitrogens with zero attached hydrogens (tertiary/aromatic N) is 1. The first-order valence-corrected chi connectivity index (χ1v) is 6.56. The molecule has 1 aromatic carbocycles. The lowest BCUT2D eigenvalue weighted by Crippen LogP contribution is -2.49. The molecule has 2 rings (SSSR count). The molecular formula is C14H14F3NO4. The predicted molar refractivity (Wildman–Crippen MR) is 69.1 cm³/mol. The standard InChI is InChI=1S/C14H14F3NO4/c15-14(16,17)10-4-2-1-3-9(10)7-12(19)18-5-6-22-11(8-18)13(20)21/h1-4,11H,5-8H2,(H,20,21)/t11-/m1/s1. The molecule has 1 fully saturated rings. The van der Waals surface area contributed by atoms with Gasteiger partial charge in [-0.3, -0.25) is 4.79 Å². The van der Waals surface area contributed by atoms with Gasteiger partial charge in [-0.1, -0.05) is 18.2 Å². The second-order valence-corrected chi connectivity index (χ2v) is 4.87. The molecule has 22 heavy (non-hydrogen) atoms. The number of halogens is 3. The van der Waals surface area contributed by atoms with Crippen molar-refractivity contribution in [3.63, 3.8) is 0 Å². The molecule has 0 aromatic heterocycles. The summed E-state index contributed by atoms with van der Waals surface area (Å²) in [7, 11) is 0. The number of hydrogen-bond donors (Lipinski definition) is 1. The van der Waals surface area contributed by atoms with Crippen molar-refractivity contribution in [2.45, 2.75) is 18.7 Å². The Hall–Kier alpha value is -2.09. The van der Waals surface area contributed by atoms with Crippen LogP contribution in [0.3, 0.4) is 0 Å². The molecule has 0 spiro atoms. The van der Waals surface area contributed by atoms with E-state index in [1.54, 1.807) is 0 Å². The molecule has 1 aliphatic rings. The first-order valence-electron chi connectivity index (χ1n) is 6.56. The Morgan fingerprint density at radius 1 is 1.32 bits per heavy atom. The Kier molecular flexibility index (Phi) is 4.70. The van der Waals surface area contributed by atoms with Crippen LogP contribution in [0.2, 0.25) is 0 Å². The number of morpholine rings is 1. The highest BCUT2D eigenvalue weighted by atomic mass is 19.4. The minimum atomic E-state index is -4.54. The molecule has 1 heterocycles. The van der Waals surface area contributed by atoms with Crippen molar-refractivity contribution in [1.29, 1.82) is 0 Å². The number of ether oxygens (including phenoxy) is 1. The fraction of sp³-hybridized carbons (Fsp3) is 0.429. The van der Waals surface area contributed by atoms with Gasteiger partial charge in [0.05, 0.1) is 25.1 Å². The molecule has 1 aromatic rings. The number of rotatable bonds is 3. The fourth-order valence-corrected chi connectivity index (χ4v) is 2.25. The summed E-state index contributed by atoms with van der Waals surface area (Å²) >= 11 is 0.